The van der Waals surface area contributed by atoms with Crippen LogP contribution in [0.1, 0.15) is 10.7 Å². The zero-order valence-corrected chi connectivity index (χ0v) is 17.0. The first kappa shape index (κ1) is 17.2. The van der Waals surface area contributed by atoms with Crippen LogP contribution in [0.15, 0.2) is 60.8 Å². The molecule has 0 bridgehead atoms. The molecule has 0 saturated carbocycles. The maximum atomic E-state index is 4.63. The first-order valence-corrected chi connectivity index (χ1v) is 10.6. The standard InChI is InChI=1S/C22H16N4S2/c1-13-22(27-14(2)24-13)21-16-8-4-3-7-15(16)20(25-26-21)19-11-10-18(28-19)17-9-5-6-12-23-17/h3-12H,1-2H3. The highest BCUT2D eigenvalue weighted by atomic mass is 32.1. The molecule has 0 N–H and O–H groups in total. The lowest BCUT2D eigenvalue weighted by atomic mass is 10.1. The molecule has 0 unspecified atom stereocenters. The number of pyridine rings is 1. The van der Waals surface area contributed by atoms with Crippen molar-refractivity contribution in [1.82, 2.24) is 20.2 Å². The Morgan fingerprint density at radius 2 is 1.43 bits per heavy atom. The van der Waals surface area contributed by atoms with Gasteiger partial charge in [-0.25, -0.2) is 4.98 Å². The zero-order valence-electron chi connectivity index (χ0n) is 15.4. The number of thiazole rings is 1. The van der Waals surface area contributed by atoms with Gasteiger partial charge >= 0.3 is 0 Å². The molecule has 0 aliphatic heterocycles. The molecule has 4 heterocycles. The van der Waals surface area contributed by atoms with E-state index in [1.807, 2.05) is 44.3 Å². The SMILES string of the molecule is Cc1nc(C)c(-c2nnc(-c3ccc(-c4ccccn4)s3)c3ccccc23)s1. The van der Waals surface area contributed by atoms with Crippen LogP contribution in [0.25, 0.3) is 42.5 Å². The molecule has 5 aromatic rings. The Kier molecular flexibility index (Phi) is 4.22. The number of aryl methyl sites for hydroxylation is 2. The number of hydrogen-bond donors (Lipinski definition) is 0. The Labute approximate surface area is 170 Å². The second-order valence-corrected chi connectivity index (χ2v) is 8.76. The van der Waals surface area contributed by atoms with E-state index >= 15 is 0 Å². The first-order valence-electron chi connectivity index (χ1n) is 8.92. The van der Waals surface area contributed by atoms with Gasteiger partial charge in [-0.2, -0.15) is 0 Å². The van der Waals surface area contributed by atoms with Crippen molar-refractivity contribution in [2.45, 2.75) is 13.8 Å². The lowest BCUT2D eigenvalue weighted by molar-refractivity contribution is 1.06. The summed E-state index contributed by atoms with van der Waals surface area (Å²) in [5.74, 6) is 0. The molecule has 136 valence electrons. The van der Waals surface area contributed by atoms with Crippen molar-refractivity contribution in [3.63, 3.8) is 0 Å². The van der Waals surface area contributed by atoms with Gasteiger partial charge in [-0.1, -0.05) is 30.3 Å². The van der Waals surface area contributed by atoms with Crippen LogP contribution in [0.3, 0.4) is 0 Å². The van der Waals surface area contributed by atoms with Crippen LogP contribution in [0.4, 0.5) is 0 Å². The van der Waals surface area contributed by atoms with Gasteiger partial charge in [0.15, 0.2) is 0 Å². The second-order valence-electron chi connectivity index (χ2n) is 6.47. The predicted octanol–water partition coefficient (Wildman–Crippen LogP) is 6.16. The molecule has 28 heavy (non-hydrogen) atoms. The van der Waals surface area contributed by atoms with E-state index in [1.54, 1.807) is 22.7 Å². The Hall–Kier alpha value is -2.96. The van der Waals surface area contributed by atoms with E-state index in [0.29, 0.717) is 0 Å². The minimum absolute atomic E-state index is 0.906. The van der Waals surface area contributed by atoms with E-state index in [1.165, 1.54) is 0 Å². The number of aromatic nitrogens is 4. The van der Waals surface area contributed by atoms with Gasteiger partial charge in [0.1, 0.15) is 11.4 Å². The van der Waals surface area contributed by atoms with Crippen LogP contribution in [-0.4, -0.2) is 20.2 Å². The van der Waals surface area contributed by atoms with Crippen LogP contribution in [0, 0.1) is 13.8 Å². The van der Waals surface area contributed by atoms with Crippen molar-refractivity contribution < 1.29 is 0 Å². The van der Waals surface area contributed by atoms with Crippen molar-refractivity contribution >= 4 is 33.4 Å². The summed E-state index contributed by atoms with van der Waals surface area (Å²) in [7, 11) is 0. The zero-order chi connectivity index (χ0) is 19.1. The molecule has 0 spiro atoms. The summed E-state index contributed by atoms with van der Waals surface area (Å²) in [4.78, 5) is 12.3. The Morgan fingerprint density at radius 3 is 2.14 bits per heavy atom. The highest BCUT2D eigenvalue weighted by Crippen LogP contribution is 2.39. The number of thiophene rings is 1. The van der Waals surface area contributed by atoms with E-state index in [-0.39, 0.29) is 0 Å². The van der Waals surface area contributed by atoms with Crippen molar-refractivity contribution in [2.75, 3.05) is 0 Å². The van der Waals surface area contributed by atoms with Crippen molar-refractivity contribution in [2.24, 2.45) is 0 Å². The molecule has 0 amide bonds. The highest BCUT2D eigenvalue weighted by molar-refractivity contribution is 7.18. The van der Waals surface area contributed by atoms with Crippen LogP contribution in [0.5, 0.6) is 0 Å². The molecule has 0 atom stereocenters. The summed E-state index contributed by atoms with van der Waals surface area (Å²) in [5.41, 5.74) is 3.79. The molecule has 4 aromatic heterocycles. The summed E-state index contributed by atoms with van der Waals surface area (Å²) in [6.45, 7) is 4.05. The molecular formula is C22H16N4S2. The van der Waals surface area contributed by atoms with Gasteiger partial charge < -0.3 is 0 Å². The molecule has 0 saturated heterocycles. The molecule has 6 heteroatoms. The Morgan fingerprint density at radius 1 is 0.714 bits per heavy atom. The summed E-state index contributed by atoms with van der Waals surface area (Å²) in [5, 5.41) is 12.5. The van der Waals surface area contributed by atoms with Crippen molar-refractivity contribution in [3.05, 3.63) is 71.5 Å². The summed E-state index contributed by atoms with van der Waals surface area (Å²) >= 11 is 3.35. The third-order valence-corrected chi connectivity index (χ3v) is 6.76. The van der Waals surface area contributed by atoms with Gasteiger partial charge in [0.2, 0.25) is 0 Å². The van der Waals surface area contributed by atoms with Gasteiger partial charge in [0.05, 0.1) is 31.0 Å². The maximum Gasteiger partial charge on any atom is 0.113 e. The largest absolute Gasteiger partial charge is 0.255 e. The minimum atomic E-state index is 0.906. The molecule has 0 aliphatic rings. The van der Waals surface area contributed by atoms with Crippen molar-refractivity contribution in [1.29, 1.82) is 0 Å². The molecule has 4 nitrogen and oxygen atoms in total. The van der Waals surface area contributed by atoms with Crippen LogP contribution < -0.4 is 0 Å². The molecular weight excluding hydrogens is 384 g/mol. The van der Waals surface area contributed by atoms with Crippen molar-refractivity contribution in [3.8, 4) is 31.7 Å². The van der Waals surface area contributed by atoms with E-state index in [9.17, 15) is 0 Å². The summed E-state index contributed by atoms with van der Waals surface area (Å²) in [6, 6.07) is 18.5. The summed E-state index contributed by atoms with van der Waals surface area (Å²) < 4.78 is 0. The fourth-order valence-electron chi connectivity index (χ4n) is 3.32. The monoisotopic (exact) mass is 400 g/mol. The number of nitrogens with zero attached hydrogens (tertiary/aromatic N) is 4. The Balaban J connectivity index is 1.67. The first-order chi connectivity index (χ1) is 13.7. The molecule has 0 aliphatic carbocycles. The quantitative estimate of drug-likeness (QED) is 0.364. The highest BCUT2D eigenvalue weighted by Gasteiger charge is 2.17. The normalized spacial score (nSPS) is 11.2. The smallest absolute Gasteiger partial charge is 0.113 e. The number of hydrogen-bond acceptors (Lipinski definition) is 6. The minimum Gasteiger partial charge on any atom is -0.255 e. The maximum absolute atomic E-state index is 4.63. The Bertz CT molecular complexity index is 1290. The molecule has 1 aromatic carbocycles. The number of benzene rings is 1. The van der Waals surface area contributed by atoms with Crippen LogP contribution >= 0.6 is 22.7 Å². The van der Waals surface area contributed by atoms with Crippen LogP contribution in [-0.2, 0) is 0 Å². The molecule has 0 radical (unpaired) electrons. The van der Waals surface area contributed by atoms with Gasteiger partial charge in [0.25, 0.3) is 0 Å². The third-order valence-electron chi connectivity index (χ3n) is 4.56. The lowest BCUT2D eigenvalue weighted by Gasteiger charge is -2.07. The predicted molar refractivity (Wildman–Crippen MR) is 117 cm³/mol. The van der Waals surface area contributed by atoms with E-state index in [4.69, 9.17) is 0 Å². The van der Waals surface area contributed by atoms with Gasteiger partial charge in [-0.05, 0) is 38.1 Å². The van der Waals surface area contributed by atoms with Gasteiger partial charge in [-0.15, -0.1) is 32.9 Å². The topological polar surface area (TPSA) is 51.6 Å². The average Bonchev–Trinajstić information content (AvgIpc) is 3.34. The fourth-order valence-corrected chi connectivity index (χ4v) is 5.22. The lowest BCUT2D eigenvalue weighted by Crippen LogP contribution is -1.93. The van der Waals surface area contributed by atoms with E-state index < -0.39 is 0 Å². The fraction of sp³-hybridized carbons (Fsp3) is 0.0909. The van der Waals surface area contributed by atoms with Gasteiger partial charge in [-0.3, -0.25) is 4.98 Å². The van der Waals surface area contributed by atoms with Gasteiger partial charge in [0, 0.05) is 17.0 Å². The third kappa shape index (κ3) is 2.91. The van der Waals surface area contributed by atoms with Crippen LogP contribution in [0.2, 0.25) is 0 Å². The number of rotatable bonds is 3. The molecule has 0 fully saturated rings. The molecule has 5 rings (SSSR count). The average molecular weight is 401 g/mol. The van der Waals surface area contributed by atoms with E-state index in [0.717, 1.165) is 53.2 Å². The van der Waals surface area contributed by atoms with E-state index in [2.05, 4.69) is 50.5 Å². The second kappa shape index (κ2) is 6.89. The number of fused-ring (bicyclic) bond motifs is 1. The summed E-state index contributed by atoms with van der Waals surface area (Å²) in [6.07, 6.45) is 1.82.